The number of nitrogens with two attached hydrogens (primary N) is 1. The molecule has 0 aromatic carbocycles. The van der Waals surface area contributed by atoms with E-state index in [1.807, 2.05) is 11.6 Å². The predicted molar refractivity (Wildman–Crippen MR) is 65.5 cm³/mol. The lowest BCUT2D eigenvalue weighted by Crippen LogP contribution is -2.15. The van der Waals surface area contributed by atoms with Gasteiger partial charge in [0.25, 0.3) is 0 Å². The fraction of sp³-hybridized carbons (Fsp3) is 0.750. The van der Waals surface area contributed by atoms with Gasteiger partial charge in [-0.3, -0.25) is 4.68 Å². The molecule has 2 unspecified atom stereocenters. The van der Waals surface area contributed by atoms with Gasteiger partial charge in [-0.15, -0.1) is 0 Å². The van der Waals surface area contributed by atoms with Crippen LogP contribution in [0.5, 0.6) is 0 Å². The van der Waals surface area contributed by atoms with E-state index in [0.29, 0.717) is 6.61 Å². The van der Waals surface area contributed by atoms with Crippen molar-refractivity contribution in [2.45, 2.75) is 46.2 Å². The van der Waals surface area contributed by atoms with Crippen LogP contribution in [0.15, 0.2) is 0 Å². The maximum atomic E-state index is 6.10. The smallest absolute Gasteiger partial charge is 0.0727 e. The number of aromatic nitrogens is 2. The van der Waals surface area contributed by atoms with Crippen molar-refractivity contribution in [2.24, 2.45) is 5.73 Å². The molecule has 0 aliphatic heterocycles. The second-order valence-corrected chi connectivity index (χ2v) is 4.35. The van der Waals surface area contributed by atoms with Crippen LogP contribution in [0.2, 0.25) is 0 Å². The fourth-order valence-electron chi connectivity index (χ4n) is 2.16. The van der Waals surface area contributed by atoms with E-state index in [9.17, 15) is 0 Å². The van der Waals surface area contributed by atoms with Crippen molar-refractivity contribution in [2.75, 3.05) is 13.7 Å². The number of methoxy groups -OCH3 is 1. The van der Waals surface area contributed by atoms with Crippen LogP contribution in [-0.4, -0.2) is 23.5 Å². The minimum absolute atomic E-state index is 0.0866. The molecule has 0 radical (unpaired) electrons. The molecular formula is C12H23N3O. The van der Waals surface area contributed by atoms with Gasteiger partial charge in [0.15, 0.2) is 0 Å². The zero-order valence-corrected chi connectivity index (χ0v) is 10.9. The Hall–Kier alpha value is -0.870. The number of hydrogen-bond acceptors (Lipinski definition) is 3. The fourth-order valence-corrected chi connectivity index (χ4v) is 2.16. The van der Waals surface area contributed by atoms with Crippen molar-refractivity contribution in [3.63, 3.8) is 0 Å². The molecule has 0 bridgehead atoms. The molecular weight excluding hydrogens is 202 g/mol. The van der Waals surface area contributed by atoms with E-state index < -0.39 is 0 Å². The molecule has 0 saturated carbocycles. The molecule has 0 aliphatic rings. The summed E-state index contributed by atoms with van der Waals surface area (Å²) in [5.41, 5.74) is 9.48. The van der Waals surface area contributed by atoms with Crippen LogP contribution in [0.3, 0.4) is 0 Å². The number of ether oxygens (including phenoxy) is 1. The van der Waals surface area contributed by atoms with E-state index in [1.165, 1.54) is 5.56 Å². The van der Waals surface area contributed by atoms with Crippen molar-refractivity contribution < 1.29 is 4.74 Å². The second-order valence-electron chi connectivity index (χ2n) is 4.35. The zero-order chi connectivity index (χ0) is 12.3. The lowest BCUT2D eigenvalue weighted by Gasteiger charge is -2.14. The average Bonchev–Trinajstić information content (AvgIpc) is 2.54. The molecule has 0 aliphatic carbocycles. The first-order valence-corrected chi connectivity index (χ1v) is 5.83. The Kier molecular flexibility index (Phi) is 4.50. The lowest BCUT2D eigenvalue weighted by atomic mass is 10.0. The first-order chi connectivity index (χ1) is 7.52. The quantitative estimate of drug-likeness (QED) is 0.835. The highest BCUT2D eigenvalue weighted by Gasteiger charge is 2.19. The highest BCUT2D eigenvalue weighted by atomic mass is 16.5. The number of aryl methyl sites for hydroxylation is 1. The third-order valence-electron chi connectivity index (χ3n) is 3.02. The topological polar surface area (TPSA) is 53.1 Å². The van der Waals surface area contributed by atoms with Crippen LogP contribution in [-0.2, 0) is 4.74 Å². The van der Waals surface area contributed by atoms with E-state index in [2.05, 4.69) is 25.9 Å². The zero-order valence-electron chi connectivity index (χ0n) is 10.9. The van der Waals surface area contributed by atoms with Gasteiger partial charge in [-0.1, -0.05) is 6.92 Å². The van der Waals surface area contributed by atoms with Crippen molar-refractivity contribution in [3.8, 4) is 0 Å². The summed E-state index contributed by atoms with van der Waals surface area (Å²) >= 11 is 0. The molecule has 0 spiro atoms. The molecule has 2 atom stereocenters. The molecule has 4 heteroatoms. The number of nitrogens with zero attached hydrogens (tertiary/aromatic N) is 2. The summed E-state index contributed by atoms with van der Waals surface area (Å²) in [7, 11) is 1.71. The van der Waals surface area contributed by atoms with Crippen LogP contribution >= 0.6 is 0 Å². The van der Waals surface area contributed by atoms with Crippen molar-refractivity contribution in [1.82, 2.24) is 9.78 Å². The summed E-state index contributed by atoms with van der Waals surface area (Å²) in [5.74, 6) is 0. The Morgan fingerprint density at radius 1 is 1.44 bits per heavy atom. The van der Waals surface area contributed by atoms with E-state index >= 15 is 0 Å². The number of hydrogen-bond donors (Lipinski definition) is 1. The maximum Gasteiger partial charge on any atom is 0.0727 e. The van der Waals surface area contributed by atoms with Gasteiger partial charge in [0, 0.05) is 24.4 Å². The third kappa shape index (κ3) is 2.44. The van der Waals surface area contributed by atoms with Gasteiger partial charge in [-0.05, 0) is 27.2 Å². The van der Waals surface area contributed by atoms with Gasteiger partial charge in [0.05, 0.1) is 18.3 Å². The molecule has 0 saturated heterocycles. The van der Waals surface area contributed by atoms with Crippen molar-refractivity contribution in [3.05, 3.63) is 17.0 Å². The summed E-state index contributed by atoms with van der Waals surface area (Å²) in [4.78, 5) is 0. The Bertz CT molecular complexity index is 346. The largest absolute Gasteiger partial charge is 0.382 e. The van der Waals surface area contributed by atoms with Gasteiger partial charge < -0.3 is 10.5 Å². The van der Waals surface area contributed by atoms with Gasteiger partial charge in [-0.2, -0.15) is 5.10 Å². The Morgan fingerprint density at radius 2 is 2.06 bits per heavy atom. The van der Waals surface area contributed by atoms with Crippen LogP contribution < -0.4 is 5.73 Å². The summed E-state index contributed by atoms with van der Waals surface area (Å²) in [6, 6.07) is 0.338. The standard InChI is InChI=1S/C12H23N3O/c1-6-11(13)12-9(3)14-15(10(12)4)8(2)7-16-5/h8,11H,6-7,13H2,1-5H3. The van der Waals surface area contributed by atoms with E-state index in [0.717, 1.165) is 17.8 Å². The summed E-state index contributed by atoms with van der Waals surface area (Å²) in [6.45, 7) is 8.97. The predicted octanol–water partition coefficient (Wildman–Crippen LogP) is 2.12. The summed E-state index contributed by atoms with van der Waals surface area (Å²) < 4.78 is 7.17. The first-order valence-electron chi connectivity index (χ1n) is 5.83. The van der Waals surface area contributed by atoms with Crippen molar-refractivity contribution in [1.29, 1.82) is 0 Å². The van der Waals surface area contributed by atoms with Crippen LogP contribution in [0.4, 0.5) is 0 Å². The SMILES string of the molecule is CCC(N)c1c(C)nn(C(C)COC)c1C. The molecule has 0 amide bonds. The van der Waals surface area contributed by atoms with Gasteiger partial charge >= 0.3 is 0 Å². The second kappa shape index (κ2) is 5.46. The van der Waals surface area contributed by atoms with E-state index in [-0.39, 0.29) is 12.1 Å². The molecule has 0 fully saturated rings. The molecule has 92 valence electrons. The van der Waals surface area contributed by atoms with E-state index in [4.69, 9.17) is 10.5 Å². The minimum atomic E-state index is 0.0866. The molecule has 1 rings (SSSR count). The van der Waals surface area contributed by atoms with Gasteiger partial charge in [0.2, 0.25) is 0 Å². The highest BCUT2D eigenvalue weighted by Crippen LogP contribution is 2.24. The van der Waals surface area contributed by atoms with Crippen LogP contribution in [0.25, 0.3) is 0 Å². The lowest BCUT2D eigenvalue weighted by molar-refractivity contribution is 0.156. The minimum Gasteiger partial charge on any atom is -0.382 e. The number of rotatable bonds is 5. The molecule has 16 heavy (non-hydrogen) atoms. The van der Waals surface area contributed by atoms with Crippen LogP contribution in [0.1, 0.15) is 49.3 Å². The molecule has 1 aromatic rings. The Labute approximate surface area is 97.8 Å². The molecule has 1 heterocycles. The van der Waals surface area contributed by atoms with Crippen LogP contribution in [0, 0.1) is 13.8 Å². The van der Waals surface area contributed by atoms with Gasteiger partial charge in [-0.25, -0.2) is 0 Å². The first kappa shape index (κ1) is 13.2. The van der Waals surface area contributed by atoms with E-state index in [1.54, 1.807) is 7.11 Å². The summed E-state index contributed by atoms with van der Waals surface area (Å²) in [5, 5.41) is 4.55. The Balaban J connectivity index is 3.06. The molecule has 4 nitrogen and oxygen atoms in total. The monoisotopic (exact) mass is 225 g/mol. The average molecular weight is 225 g/mol. The third-order valence-corrected chi connectivity index (χ3v) is 3.02. The highest BCUT2D eigenvalue weighted by molar-refractivity contribution is 5.28. The van der Waals surface area contributed by atoms with Crippen molar-refractivity contribution >= 4 is 0 Å². The Morgan fingerprint density at radius 3 is 2.56 bits per heavy atom. The summed E-state index contributed by atoms with van der Waals surface area (Å²) in [6.07, 6.45) is 0.937. The normalized spacial score (nSPS) is 15.1. The molecule has 2 N–H and O–H groups in total. The van der Waals surface area contributed by atoms with Gasteiger partial charge in [0.1, 0.15) is 0 Å². The maximum absolute atomic E-state index is 6.10. The molecule has 1 aromatic heterocycles.